The number of nitrogens with zero attached hydrogens (tertiary/aromatic N) is 1. The lowest BCUT2D eigenvalue weighted by molar-refractivity contribution is -0.136. The molecule has 6 heteroatoms. The van der Waals surface area contributed by atoms with Crippen molar-refractivity contribution in [3.05, 3.63) is 64.7 Å². The van der Waals surface area contributed by atoms with Gasteiger partial charge in [-0.3, -0.25) is 4.79 Å². The summed E-state index contributed by atoms with van der Waals surface area (Å²) in [5.74, 6) is 0.653. The number of benzene rings is 2. The minimum absolute atomic E-state index is 0.0231. The van der Waals surface area contributed by atoms with E-state index in [-0.39, 0.29) is 30.1 Å². The average Bonchev–Trinajstić information content (AvgIpc) is 3.07. The Morgan fingerprint density at radius 2 is 1.79 bits per heavy atom. The normalized spacial score (nSPS) is 17.8. The number of ether oxygens (including phenoxy) is 1. The fourth-order valence-corrected chi connectivity index (χ4v) is 5.35. The van der Waals surface area contributed by atoms with E-state index in [1.165, 1.54) is 5.56 Å². The summed E-state index contributed by atoms with van der Waals surface area (Å²) in [7, 11) is -3.09. The van der Waals surface area contributed by atoms with Crippen LogP contribution < -0.4 is 4.74 Å². The van der Waals surface area contributed by atoms with Gasteiger partial charge in [-0.15, -0.1) is 0 Å². The van der Waals surface area contributed by atoms with Crippen LogP contribution in [-0.2, 0) is 27.6 Å². The number of hydrogen-bond acceptors (Lipinski definition) is 4. The highest BCUT2D eigenvalue weighted by Crippen LogP contribution is 2.23. The summed E-state index contributed by atoms with van der Waals surface area (Å²) >= 11 is 0. The number of amides is 1. The van der Waals surface area contributed by atoms with E-state index in [2.05, 4.69) is 19.1 Å². The molecule has 156 valence electrons. The van der Waals surface area contributed by atoms with Crippen molar-refractivity contribution in [2.45, 2.75) is 46.2 Å². The Morgan fingerprint density at radius 1 is 1.10 bits per heavy atom. The van der Waals surface area contributed by atoms with Crippen LogP contribution in [0.4, 0.5) is 0 Å². The molecule has 2 aromatic carbocycles. The number of rotatable bonds is 7. The van der Waals surface area contributed by atoms with Crippen LogP contribution in [-0.4, -0.2) is 43.4 Å². The van der Waals surface area contributed by atoms with Gasteiger partial charge in [0, 0.05) is 12.6 Å². The van der Waals surface area contributed by atoms with Gasteiger partial charge in [-0.25, -0.2) is 8.42 Å². The molecule has 0 bridgehead atoms. The highest BCUT2D eigenvalue weighted by atomic mass is 32.2. The molecule has 1 heterocycles. The van der Waals surface area contributed by atoms with Gasteiger partial charge in [0.25, 0.3) is 5.91 Å². The zero-order valence-corrected chi connectivity index (χ0v) is 18.2. The third-order valence-electron chi connectivity index (χ3n) is 5.66. The van der Waals surface area contributed by atoms with Crippen LogP contribution in [0, 0.1) is 13.8 Å². The molecule has 1 fully saturated rings. The van der Waals surface area contributed by atoms with E-state index in [0.29, 0.717) is 18.7 Å². The van der Waals surface area contributed by atoms with Crippen molar-refractivity contribution in [2.24, 2.45) is 0 Å². The molecule has 5 nitrogen and oxygen atoms in total. The van der Waals surface area contributed by atoms with E-state index in [9.17, 15) is 13.2 Å². The third kappa shape index (κ3) is 5.38. The van der Waals surface area contributed by atoms with E-state index in [4.69, 9.17) is 4.74 Å². The van der Waals surface area contributed by atoms with Crippen molar-refractivity contribution in [1.82, 2.24) is 4.90 Å². The highest BCUT2D eigenvalue weighted by Gasteiger charge is 2.34. The first-order valence-corrected chi connectivity index (χ1v) is 11.9. The molecule has 0 aliphatic carbocycles. The van der Waals surface area contributed by atoms with E-state index in [0.717, 1.165) is 23.1 Å². The topological polar surface area (TPSA) is 63.7 Å². The van der Waals surface area contributed by atoms with E-state index in [1.54, 1.807) is 4.90 Å². The molecule has 0 unspecified atom stereocenters. The molecule has 1 amide bonds. The Balaban J connectivity index is 1.76. The predicted molar refractivity (Wildman–Crippen MR) is 115 cm³/mol. The first-order valence-electron chi connectivity index (χ1n) is 10.1. The Hall–Kier alpha value is -2.34. The second-order valence-electron chi connectivity index (χ2n) is 7.74. The largest absolute Gasteiger partial charge is 0.483 e. The molecule has 0 radical (unpaired) electrons. The third-order valence-corrected chi connectivity index (χ3v) is 7.41. The Labute approximate surface area is 173 Å². The lowest BCUT2D eigenvalue weighted by atomic mass is 10.1. The molecular weight excluding hydrogens is 386 g/mol. The fraction of sp³-hybridized carbons (Fsp3) is 0.435. The van der Waals surface area contributed by atoms with Crippen LogP contribution in [0.3, 0.4) is 0 Å². The van der Waals surface area contributed by atoms with Gasteiger partial charge in [0.05, 0.1) is 11.5 Å². The molecule has 0 spiro atoms. The highest BCUT2D eigenvalue weighted by molar-refractivity contribution is 7.91. The summed E-state index contributed by atoms with van der Waals surface area (Å²) in [4.78, 5) is 14.7. The Kier molecular flexibility index (Phi) is 6.63. The molecule has 1 atom stereocenters. The Bertz CT molecular complexity index is 967. The monoisotopic (exact) mass is 415 g/mol. The molecule has 0 aromatic heterocycles. The maximum absolute atomic E-state index is 13.0. The standard InChI is InChI=1S/C23H29NO4S/c1-4-19-8-10-20(11-9-19)14-24(21-12-13-29(26,27)16-21)23(25)15-28-22-7-5-6-17(2)18(22)3/h5-11,21H,4,12-16H2,1-3H3/t21-/m1/s1. The van der Waals surface area contributed by atoms with Gasteiger partial charge in [-0.1, -0.05) is 43.3 Å². The summed E-state index contributed by atoms with van der Waals surface area (Å²) in [6.07, 6.45) is 1.43. The molecule has 0 N–H and O–H groups in total. The number of sulfone groups is 1. The van der Waals surface area contributed by atoms with Crippen molar-refractivity contribution in [1.29, 1.82) is 0 Å². The molecular formula is C23H29NO4S. The van der Waals surface area contributed by atoms with Crippen molar-refractivity contribution < 1.29 is 17.9 Å². The number of aryl methyl sites for hydroxylation is 2. The molecule has 1 saturated heterocycles. The van der Waals surface area contributed by atoms with Gasteiger partial charge in [-0.05, 0) is 55.0 Å². The van der Waals surface area contributed by atoms with Gasteiger partial charge < -0.3 is 9.64 Å². The Morgan fingerprint density at radius 3 is 2.41 bits per heavy atom. The van der Waals surface area contributed by atoms with Gasteiger partial charge in [-0.2, -0.15) is 0 Å². The summed E-state index contributed by atoms with van der Waals surface area (Å²) in [6.45, 7) is 6.34. The second kappa shape index (κ2) is 8.99. The summed E-state index contributed by atoms with van der Waals surface area (Å²) < 4.78 is 29.8. The van der Waals surface area contributed by atoms with Crippen molar-refractivity contribution in [3.63, 3.8) is 0 Å². The molecule has 1 aliphatic rings. The smallest absolute Gasteiger partial charge is 0.261 e. The quantitative estimate of drug-likeness (QED) is 0.695. The van der Waals surface area contributed by atoms with Crippen LogP contribution in [0.2, 0.25) is 0 Å². The number of hydrogen-bond donors (Lipinski definition) is 0. The lowest BCUT2D eigenvalue weighted by Gasteiger charge is -2.28. The molecule has 0 saturated carbocycles. The first-order chi connectivity index (χ1) is 13.8. The minimum Gasteiger partial charge on any atom is -0.483 e. The maximum atomic E-state index is 13.0. The SMILES string of the molecule is CCc1ccc(CN(C(=O)COc2cccc(C)c2C)[C@@H]2CCS(=O)(=O)C2)cc1. The molecule has 2 aromatic rings. The van der Waals surface area contributed by atoms with Crippen molar-refractivity contribution >= 4 is 15.7 Å². The van der Waals surface area contributed by atoms with E-state index in [1.807, 2.05) is 44.2 Å². The van der Waals surface area contributed by atoms with Gasteiger partial charge in [0.15, 0.2) is 16.4 Å². The van der Waals surface area contributed by atoms with Crippen LogP contribution in [0.1, 0.15) is 35.6 Å². The van der Waals surface area contributed by atoms with Crippen LogP contribution in [0.15, 0.2) is 42.5 Å². The predicted octanol–water partition coefficient (Wildman–Crippen LogP) is 3.46. The molecule has 3 rings (SSSR count). The van der Waals surface area contributed by atoms with Crippen molar-refractivity contribution in [3.8, 4) is 5.75 Å². The molecule has 29 heavy (non-hydrogen) atoms. The van der Waals surface area contributed by atoms with Crippen LogP contribution in [0.25, 0.3) is 0 Å². The van der Waals surface area contributed by atoms with Crippen molar-refractivity contribution in [2.75, 3.05) is 18.1 Å². The van der Waals surface area contributed by atoms with E-state index >= 15 is 0 Å². The zero-order chi connectivity index (χ0) is 21.0. The number of carbonyl (C=O) groups excluding carboxylic acids is 1. The summed E-state index contributed by atoms with van der Waals surface area (Å²) in [6, 6.07) is 13.6. The first kappa shape index (κ1) is 21.4. The molecule has 1 aliphatic heterocycles. The average molecular weight is 416 g/mol. The van der Waals surface area contributed by atoms with Crippen LogP contribution >= 0.6 is 0 Å². The number of carbonyl (C=O) groups is 1. The van der Waals surface area contributed by atoms with Gasteiger partial charge in [0.2, 0.25) is 0 Å². The summed E-state index contributed by atoms with van der Waals surface area (Å²) in [5, 5.41) is 0. The van der Waals surface area contributed by atoms with Gasteiger partial charge in [0.1, 0.15) is 5.75 Å². The zero-order valence-electron chi connectivity index (χ0n) is 17.3. The van der Waals surface area contributed by atoms with Gasteiger partial charge >= 0.3 is 0 Å². The fourth-order valence-electron chi connectivity index (χ4n) is 3.62. The lowest BCUT2D eigenvalue weighted by Crippen LogP contribution is -2.43. The van der Waals surface area contributed by atoms with Crippen LogP contribution in [0.5, 0.6) is 5.75 Å². The maximum Gasteiger partial charge on any atom is 0.261 e. The van der Waals surface area contributed by atoms with E-state index < -0.39 is 9.84 Å². The summed E-state index contributed by atoms with van der Waals surface area (Å²) in [5.41, 5.74) is 4.33. The second-order valence-corrected chi connectivity index (χ2v) is 9.96. The minimum atomic E-state index is -3.09.